The number of carbonyl (C=O) groups excluding carboxylic acids is 1. The number of alkyl halides is 2. The molecule has 1 rings (SSSR count). The fraction of sp³-hybridized carbons (Fsp3) is 0.429. The molecule has 0 fully saturated rings. The summed E-state index contributed by atoms with van der Waals surface area (Å²) in [6.45, 7) is 0. The van der Waals surface area contributed by atoms with Crippen LogP contribution in [0.25, 0.3) is 0 Å². The lowest BCUT2D eigenvalue weighted by Gasteiger charge is -2.13. The van der Waals surface area contributed by atoms with Gasteiger partial charge in [-0.05, 0) is 24.1 Å². The summed E-state index contributed by atoms with van der Waals surface area (Å²) in [7, 11) is 1.54. The van der Waals surface area contributed by atoms with E-state index in [1.54, 1.807) is 24.3 Å². The first-order valence-corrected chi connectivity index (χ1v) is 6.35. The Kier molecular flexibility index (Phi) is 6.58. The van der Waals surface area contributed by atoms with Gasteiger partial charge in [-0.3, -0.25) is 4.79 Å². The van der Waals surface area contributed by atoms with Crippen LogP contribution in [0.3, 0.4) is 0 Å². The second kappa shape index (κ2) is 8.18. The molecular weight excluding hydrogens is 284 g/mol. The number of amides is 1. The van der Waals surface area contributed by atoms with Crippen LogP contribution >= 0.6 is 0 Å². The number of nitrogens with one attached hydrogen (secondary N) is 1. The van der Waals surface area contributed by atoms with Gasteiger partial charge < -0.3 is 15.2 Å². The van der Waals surface area contributed by atoms with E-state index < -0.39 is 30.8 Å². The Morgan fingerprint density at radius 1 is 1.29 bits per heavy atom. The molecule has 0 saturated carbocycles. The van der Waals surface area contributed by atoms with Crippen molar-refractivity contribution in [2.24, 2.45) is 0 Å². The van der Waals surface area contributed by atoms with Gasteiger partial charge in [-0.15, -0.1) is 0 Å². The van der Waals surface area contributed by atoms with Gasteiger partial charge in [0.05, 0.1) is 7.11 Å². The maximum atomic E-state index is 12.2. The minimum absolute atomic E-state index is 0.0271. The molecule has 1 atom stereocenters. The van der Waals surface area contributed by atoms with Crippen molar-refractivity contribution in [1.29, 1.82) is 0 Å². The molecule has 1 aromatic carbocycles. The second-order valence-electron chi connectivity index (χ2n) is 4.43. The number of carbonyl (C=O) groups is 2. The Morgan fingerprint density at radius 3 is 2.38 bits per heavy atom. The lowest BCUT2D eigenvalue weighted by molar-refractivity contribution is -0.143. The molecule has 2 N–H and O–H groups in total. The Hall–Kier alpha value is -2.18. The van der Waals surface area contributed by atoms with Gasteiger partial charge in [0.2, 0.25) is 12.3 Å². The summed E-state index contributed by atoms with van der Waals surface area (Å²) < 4.78 is 29.4. The summed E-state index contributed by atoms with van der Waals surface area (Å²) in [5.74, 6) is -1.35. The first-order valence-electron chi connectivity index (χ1n) is 6.35. The number of halogens is 2. The highest BCUT2D eigenvalue weighted by molar-refractivity contribution is 5.83. The summed E-state index contributed by atoms with van der Waals surface area (Å²) in [6, 6.07) is 5.47. The van der Waals surface area contributed by atoms with Gasteiger partial charge >= 0.3 is 5.97 Å². The van der Waals surface area contributed by atoms with Crippen LogP contribution in [0, 0.1) is 0 Å². The molecule has 0 aliphatic rings. The van der Waals surface area contributed by atoms with Crippen LogP contribution in [0.5, 0.6) is 5.75 Å². The van der Waals surface area contributed by atoms with Crippen molar-refractivity contribution in [3.05, 3.63) is 29.8 Å². The molecule has 0 bridgehead atoms. The Labute approximate surface area is 120 Å². The predicted molar refractivity (Wildman–Crippen MR) is 71.5 cm³/mol. The third-order valence-electron chi connectivity index (χ3n) is 2.85. The van der Waals surface area contributed by atoms with Gasteiger partial charge in [-0.25, -0.2) is 13.6 Å². The van der Waals surface area contributed by atoms with Crippen LogP contribution in [0.2, 0.25) is 0 Å². The van der Waals surface area contributed by atoms with Crippen LogP contribution in [-0.2, 0) is 16.0 Å². The van der Waals surface area contributed by atoms with Crippen molar-refractivity contribution >= 4 is 11.9 Å². The van der Waals surface area contributed by atoms with Crippen molar-refractivity contribution in [1.82, 2.24) is 5.32 Å². The van der Waals surface area contributed by atoms with Crippen molar-refractivity contribution < 1.29 is 28.2 Å². The summed E-state index contributed by atoms with van der Waals surface area (Å²) in [6.07, 6.45) is -3.27. The molecule has 0 aliphatic heterocycles. The first kappa shape index (κ1) is 16.9. The number of benzene rings is 1. The number of carboxylic acids is 1. The van der Waals surface area contributed by atoms with Crippen LogP contribution in [0.1, 0.15) is 18.4 Å². The monoisotopic (exact) mass is 301 g/mol. The standard InChI is InChI=1S/C14H17F2NO4/c1-21-10-5-2-9(3-6-10)4-7-13(18)17-11(14(19)20)8-12(15)16/h2-3,5-6,11-12H,4,7-8H2,1H3,(H,17,18)(H,19,20). The smallest absolute Gasteiger partial charge is 0.326 e. The van der Waals surface area contributed by atoms with Crippen molar-refractivity contribution in [3.63, 3.8) is 0 Å². The number of methoxy groups -OCH3 is 1. The average Bonchev–Trinajstić information content (AvgIpc) is 2.44. The lowest BCUT2D eigenvalue weighted by atomic mass is 10.1. The Balaban J connectivity index is 2.46. The topological polar surface area (TPSA) is 75.6 Å². The molecule has 5 nitrogen and oxygen atoms in total. The number of carboxylic acid groups (broad SMARTS) is 1. The molecule has 1 amide bonds. The van der Waals surface area contributed by atoms with Gasteiger partial charge in [0, 0.05) is 12.8 Å². The van der Waals surface area contributed by atoms with Gasteiger partial charge in [0.15, 0.2) is 0 Å². The average molecular weight is 301 g/mol. The Morgan fingerprint density at radius 2 is 1.90 bits per heavy atom. The predicted octanol–water partition coefficient (Wildman–Crippen LogP) is 1.85. The first-order chi connectivity index (χ1) is 9.92. The summed E-state index contributed by atoms with van der Waals surface area (Å²) in [5, 5.41) is 10.8. The molecule has 7 heteroatoms. The zero-order valence-electron chi connectivity index (χ0n) is 11.5. The summed E-state index contributed by atoms with van der Waals surface area (Å²) in [5.41, 5.74) is 0.867. The molecule has 0 radical (unpaired) electrons. The van der Waals surface area contributed by atoms with Crippen LogP contribution < -0.4 is 10.1 Å². The minimum Gasteiger partial charge on any atom is -0.497 e. The van der Waals surface area contributed by atoms with Crippen molar-refractivity contribution in [2.75, 3.05) is 7.11 Å². The van der Waals surface area contributed by atoms with Gasteiger partial charge in [0.25, 0.3) is 0 Å². The van der Waals surface area contributed by atoms with Crippen LogP contribution in [-0.4, -0.2) is 36.6 Å². The zero-order chi connectivity index (χ0) is 15.8. The largest absolute Gasteiger partial charge is 0.497 e. The molecule has 1 unspecified atom stereocenters. The van der Waals surface area contributed by atoms with Crippen LogP contribution in [0.4, 0.5) is 8.78 Å². The number of rotatable bonds is 8. The van der Waals surface area contributed by atoms with E-state index in [0.717, 1.165) is 5.56 Å². The maximum Gasteiger partial charge on any atom is 0.326 e. The van der Waals surface area contributed by atoms with E-state index in [9.17, 15) is 18.4 Å². The molecule has 0 heterocycles. The Bertz CT molecular complexity index is 476. The highest BCUT2D eigenvalue weighted by Crippen LogP contribution is 2.12. The molecule has 0 spiro atoms. The van der Waals surface area contributed by atoms with E-state index in [2.05, 4.69) is 5.32 Å². The molecule has 116 valence electrons. The summed E-state index contributed by atoms with van der Waals surface area (Å²) >= 11 is 0. The molecule has 0 saturated heterocycles. The zero-order valence-corrected chi connectivity index (χ0v) is 11.5. The molecule has 21 heavy (non-hydrogen) atoms. The summed E-state index contributed by atoms with van der Waals surface area (Å²) in [4.78, 5) is 22.3. The van der Waals surface area contributed by atoms with Crippen LogP contribution in [0.15, 0.2) is 24.3 Å². The normalized spacial score (nSPS) is 12.0. The van der Waals surface area contributed by atoms with E-state index in [4.69, 9.17) is 9.84 Å². The maximum absolute atomic E-state index is 12.2. The number of aryl methyl sites for hydroxylation is 1. The lowest BCUT2D eigenvalue weighted by Crippen LogP contribution is -2.42. The number of aliphatic carboxylic acids is 1. The van der Waals surface area contributed by atoms with Gasteiger partial charge in [-0.1, -0.05) is 12.1 Å². The number of ether oxygens (including phenoxy) is 1. The minimum atomic E-state index is -2.78. The van der Waals surface area contributed by atoms with Crippen molar-refractivity contribution in [3.8, 4) is 5.75 Å². The van der Waals surface area contributed by atoms with E-state index >= 15 is 0 Å². The van der Waals surface area contributed by atoms with E-state index in [1.807, 2.05) is 0 Å². The highest BCUT2D eigenvalue weighted by Gasteiger charge is 2.23. The molecular formula is C14H17F2NO4. The van der Waals surface area contributed by atoms with E-state index in [1.165, 1.54) is 7.11 Å². The highest BCUT2D eigenvalue weighted by atomic mass is 19.3. The fourth-order valence-electron chi connectivity index (χ4n) is 1.72. The van der Waals surface area contributed by atoms with Gasteiger partial charge in [-0.2, -0.15) is 0 Å². The fourth-order valence-corrected chi connectivity index (χ4v) is 1.72. The van der Waals surface area contributed by atoms with Gasteiger partial charge in [0.1, 0.15) is 11.8 Å². The molecule has 0 aliphatic carbocycles. The second-order valence-corrected chi connectivity index (χ2v) is 4.43. The number of hydrogen-bond acceptors (Lipinski definition) is 3. The number of hydrogen-bond donors (Lipinski definition) is 2. The SMILES string of the molecule is COc1ccc(CCC(=O)NC(CC(F)F)C(=O)O)cc1. The third-order valence-corrected chi connectivity index (χ3v) is 2.85. The quantitative estimate of drug-likeness (QED) is 0.768. The van der Waals surface area contributed by atoms with Crippen molar-refractivity contribution in [2.45, 2.75) is 31.7 Å². The van der Waals surface area contributed by atoms with E-state index in [0.29, 0.717) is 12.2 Å². The van der Waals surface area contributed by atoms with E-state index in [-0.39, 0.29) is 6.42 Å². The molecule has 1 aromatic rings. The molecule has 0 aromatic heterocycles. The third kappa shape index (κ3) is 6.20.